The van der Waals surface area contributed by atoms with Crippen LogP contribution in [-0.2, 0) is 4.79 Å². The molecule has 0 spiro atoms. The second-order valence-corrected chi connectivity index (χ2v) is 7.32. The Morgan fingerprint density at radius 1 is 0.821 bits per heavy atom. The molecular weight excluding hydrogens is 393 g/mol. The summed E-state index contributed by atoms with van der Waals surface area (Å²) in [5, 5.41) is 0.764. The Hall–Kier alpha value is -2.88. The van der Waals surface area contributed by atoms with Crippen molar-refractivity contribution in [2.75, 3.05) is 4.90 Å². The third-order valence-corrected chi connectivity index (χ3v) is 5.46. The topological polar surface area (TPSA) is 37.4 Å². The van der Waals surface area contributed by atoms with Gasteiger partial charge in [-0.3, -0.25) is 9.59 Å². The van der Waals surface area contributed by atoms with E-state index in [-0.39, 0.29) is 5.91 Å². The average molecular weight is 408 g/mol. The largest absolute Gasteiger partial charge is 0.268 e. The first-order valence-electron chi connectivity index (χ1n) is 8.68. The van der Waals surface area contributed by atoms with E-state index < -0.39 is 5.91 Å². The van der Waals surface area contributed by atoms with Crippen molar-refractivity contribution in [2.45, 2.75) is 6.92 Å². The average Bonchev–Trinajstić information content (AvgIpc) is 2.68. The number of imide groups is 1. The van der Waals surface area contributed by atoms with Crippen LogP contribution in [0.15, 0.2) is 66.7 Å². The van der Waals surface area contributed by atoms with Gasteiger partial charge in [-0.15, -0.1) is 0 Å². The second kappa shape index (κ2) is 7.27. The van der Waals surface area contributed by atoms with Crippen molar-refractivity contribution in [2.24, 2.45) is 0 Å². The number of rotatable bonds is 2. The lowest BCUT2D eigenvalue weighted by molar-refractivity contribution is -0.112. The van der Waals surface area contributed by atoms with Gasteiger partial charge in [-0.2, -0.15) is 0 Å². The third-order valence-electron chi connectivity index (χ3n) is 4.63. The zero-order valence-corrected chi connectivity index (χ0v) is 16.5. The highest BCUT2D eigenvalue weighted by Gasteiger charge is 2.35. The Bertz CT molecular complexity index is 1150. The highest BCUT2D eigenvalue weighted by Crippen LogP contribution is 2.35. The van der Waals surface area contributed by atoms with E-state index in [0.29, 0.717) is 38.0 Å². The zero-order chi connectivity index (χ0) is 19.8. The molecule has 0 unspecified atom stereocenters. The summed E-state index contributed by atoms with van der Waals surface area (Å²) in [6, 6.07) is 19.6. The molecule has 2 amide bonds. The molecule has 0 fully saturated rings. The number of anilines is 1. The number of carbonyl (C=O) groups excluding carboxylic acids is 2. The van der Waals surface area contributed by atoms with E-state index in [9.17, 15) is 9.59 Å². The molecule has 3 nitrogen and oxygen atoms in total. The van der Waals surface area contributed by atoms with Crippen LogP contribution in [0.4, 0.5) is 5.69 Å². The maximum Gasteiger partial charge on any atom is 0.265 e. The van der Waals surface area contributed by atoms with Crippen LogP contribution in [0, 0.1) is 6.92 Å². The van der Waals surface area contributed by atoms with Crippen LogP contribution in [0.25, 0.3) is 11.6 Å². The standard InChI is InChI=1S/C23H15Cl2NO2/c1-14-6-4-8-16(12-14)26-22(27)18-10-3-2-9-17(18)19(23(26)28)13-15-7-5-11-20(24)21(15)25/h2-13H,1H3/b19-13-. The van der Waals surface area contributed by atoms with Gasteiger partial charge in [-0.25, -0.2) is 4.90 Å². The van der Waals surface area contributed by atoms with E-state index in [1.807, 2.05) is 25.1 Å². The third kappa shape index (κ3) is 3.13. The van der Waals surface area contributed by atoms with Crippen molar-refractivity contribution in [1.82, 2.24) is 0 Å². The minimum absolute atomic E-state index is 0.347. The van der Waals surface area contributed by atoms with Gasteiger partial charge >= 0.3 is 0 Å². The molecule has 28 heavy (non-hydrogen) atoms. The summed E-state index contributed by atoms with van der Waals surface area (Å²) in [4.78, 5) is 27.7. The monoisotopic (exact) mass is 407 g/mol. The summed E-state index contributed by atoms with van der Waals surface area (Å²) < 4.78 is 0. The normalized spacial score (nSPS) is 15.1. The van der Waals surface area contributed by atoms with Gasteiger partial charge < -0.3 is 0 Å². The molecule has 0 aromatic heterocycles. The molecule has 4 rings (SSSR count). The van der Waals surface area contributed by atoms with Gasteiger partial charge in [0, 0.05) is 11.1 Å². The van der Waals surface area contributed by atoms with Crippen molar-refractivity contribution in [3.63, 3.8) is 0 Å². The quantitative estimate of drug-likeness (QED) is 0.384. The lowest BCUT2D eigenvalue weighted by atomic mass is 9.91. The highest BCUT2D eigenvalue weighted by atomic mass is 35.5. The van der Waals surface area contributed by atoms with Crippen molar-refractivity contribution >= 4 is 52.4 Å². The lowest BCUT2D eigenvalue weighted by Crippen LogP contribution is -2.41. The Morgan fingerprint density at radius 2 is 1.54 bits per heavy atom. The van der Waals surface area contributed by atoms with Gasteiger partial charge in [0.15, 0.2) is 0 Å². The summed E-state index contributed by atoms with van der Waals surface area (Å²) in [7, 11) is 0. The Morgan fingerprint density at radius 3 is 2.29 bits per heavy atom. The molecule has 5 heteroatoms. The minimum atomic E-state index is -0.398. The van der Waals surface area contributed by atoms with Crippen LogP contribution in [0.2, 0.25) is 10.0 Å². The number of aryl methyl sites for hydroxylation is 1. The van der Waals surface area contributed by atoms with Crippen molar-refractivity contribution < 1.29 is 9.59 Å². The van der Waals surface area contributed by atoms with Gasteiger partial charge in [-0.1, -0.05) is 65.7 Å². The number of halogens is 2. The second-order valence-electron chi connectivity index (χ2n) is 6.53. The van der Waals surface area contributed by atoms with E-state index in [1.165, 1.54) is 4.90 Å². The SMILES string of the molecule is Cc1cccc(N2C(=O)/C(=C\c3cccc(Cl)c3Cl)c3ccccc3C2=O)c1. The fraction of sp³-hybridized carbons (Fsp3) is 0.0435. The number of amides is 2. The molecule has 0 saturated heterocycles. The molecule has 0 N–H and O–H groups in total. The Labute approximate surface area is 172 Å². The first kappa shape index (κ1) is 18.5. The van der Waals surface area contributed by atoms with E-state index in [4.69, 9.17) is 23.2 Å². The molecule has 3 aromatic carbocycles. The maximum atomic E-state index is 13.4. The molecular formula is C23H15Cl2NO2. The first-order chi connectivity index (χ1) is 13.5. The molecule has 0 bridgehead atoms. The fourth-order valence-corrected chi connectivity index (χ4v) is 3.64. The van der Waals surface area contributed by atoms with Gasteiger partial charge in [-0.05, 0) is 54.0 Å². The smallest absolute Gasteiger partial charge is 0.265 e. The van der Waals surface area contributed by atoms with E-state index in [0.717, 1.165) is 5.56 Å². The predicted molar refractivity (Wildman–Crippen MR) is 114 cm³/mol. The number of benzene rings is 3. The molecule has 1 heterocycles. The van der Waals surface area contributed by atoms with Gasteiger partial charge in [0.2, 0.25) is 0 Å². The van der Waals surface area contributed by atoms with E-state index in [2.05, 4.69) is 0 Å². The first-order valence-corrected chi connectivity index (χ1v) is 9.43. The summed E-state index contributed by atoms with van der Waals surface area (Å²) in [6.07, 6.45) is 1.69. The maximum absolute atomic E-state index is 13.4. The summed E-state index contributed by atoms with van der Waals surface area (Å²) in [6.45, 7) is 1.92. The van der Waals surface area contributed by atoms with Crippen molar-refractivity contribution in [1.29, 1.82) is 0 Å². The summed E-state index contributed by atoms with van der Waals surface area (Å²) in [5.74, 6) is -0.745. The molecule has 0 atom stereocenters. The molecule has 1 aliphatic rings. The van der Waals surface area contributed by atoms with Crippen LogP contribution >= 0.6 is 23.2 Å². The number of carbonyl (C=O) groups is 2. The van der Waals surface area contributed by atoms with Crippen LogP contribution in [0.5, 0.6) is 0 Å². The predicted octanol–water partition coefficient (Wildman–Crippen LogP) is 6.03. The van der Waals surface area contributed by atoms with Crippen molar-refractivity contribution in [3.05, 3.63) is 99.0 Å². The molecule has 3 aromatic rings. The van der Waals surface area contributed by atoms with Crippen LogP contribution in [0.1, 0.15) is 27.0 Å². The van der Waals surface area contributed by atoms with E-state index in [1.54, 1.807) is 54.6 Å². The van der Waals surface area contributed by atoms with Crippen LogP contribution in [-0.4, -0.2) is 11.8 Å². The van der Waals surface area contributed by atoms with Crippen LogP contribution < -0.4 is 4.90 Å². The summed E-state index contributed by atoms with van der Waals surface area (Å²) in [5.41, 5.74) is 3.55. The Kier molecular flexibility index (Phi) is 4.80. The Balaban J connectivity index is 1.94. The lowest BCUT2D eigenvalue weighted by Gasteiger charge is -2.29. The minimum Gasteiger partial charge on any atom is -0.268 e. The molecule has 0 saturated carbocycles. The van der Waals surface area contributed by atoms with Gasteiger partial charge in [0.1, 0.15) is 0 Å². The van der Waals surface area contributed by atoms with Crippen molar-refractivity contribution in [3.8, 4) is 0 Å². The molecule has 1 aliphatic heterocycles. The molecule has 138 valence electrons. The number of hydrogen-bond acceptors (Lipinski definition) is 2. The number of fused-ring (bicyclic) bond motifs is 1. The molecule has 0 radical (unpaired) electrons. The van der Waals surface area contributed by atoms with Gasteiger partial charge in [0.05, 0.1) is 15.7 Å². The van der Waals surface area contributed by atoms with Crippen LogP contribution in [0.3, 0.4) is 0 Å². The number of nitrogens with zero attached hydrogens (tertiary/aromatic N) is 1. The zero-order valence-electron chi connectivity index (χ0n) is 14.9. The molecule has 0 aliphatic carbocycles. The van der Waals surface area contributed by atoms with E-state index >= 15 is 0 Å². The van der Waals surface area contributed by atoms with Gasteiger partial charge in [0.25, 0.3) is 11.8 Å². The highest BCUT2D eigenvalue weighted by molar-refractivity contribution is 6.45. The number of hydrogen-bond donors (Lipinski definition) is 0. The fourth-order valence-electron chi connectivity index (χ4n) is 3.28. The summed E-state index contributed by atoms with van der Waals surface area (Å²) >= 11 is 12.4.